The molecule has 0 saturated heterocycles. The second-order valence-corrected chi connectivity index (χ2v) is 4.08. The van der Waals surface area contributed by atoms with E-state index in [1.54, 1.807) is 12.4 Å². The molecule has 0 spiro atoms. The van der Waals surface area contributed by atoms with E-state index in [0.717, 1.165) is 35.9 Å². The monoisotopic (exact) mass is 242 g/mol. The van der Waals surface area contributed by atoms with Gasteiger partial charge in [0.25, 0.3) is 0 Å². The maximum Gasteiger partial charge on any atom is 0.161 e. The second kappa shape index (κ2) is 5.58. The van der Waals surface area contributed by atoms with Crippen molar-refractivity contribution in [1.82, 2.24) is 15.0 Å². The molecule has 0 radical (unpaired) electrons. The highest BCUT2D eigenvalue weighted by Gasteiger charge is 2.10. The molecule has 0 atom stereocenters. The molecule has 2 rings (SSSR count). The van der Waals surface area contributed by atoms with E-state index in [2.05, 4.69) is 34.1 Å². The molecule has 0 bridgehead atoms. The Morgan fingerprint density at radius 2 is 1.83 bits per heavy atom. The van der Waals surface area contributed by atoms with Gasteiger partial charge in [-0.05, 0) is 32.4 Å². The van der Waals surface area contributed by atoms with Gasteiger partial charge in [0.2, 0.25) is 0 Å². The summed E-state index contributed by atoms with van der Waals surface area (Å²) in [4.78, 5) is 13.2. The van der Waals surface area contributed by atoms with Crippen molar-refractivity contribution in [2.75, 3.05) is 11.9 Å². The fraction of sp³-hybridized carbons (Fsp3) is 0.357. The van der Waals surface area contributed by atoms with Crippen LogP contribution in [0.4, 0.5) is 5.82 Å². The van der Waals surface area contributed by atoms with Gasteiger partial charge in [0.05, 0.1) is 0 Å². The van der Waals surface area contributed by atoms with Gasteiger partial charge >= 0.3 is 0 Å². The molecule has 18 heavy (non-hydrogen) atoms. The first-order chi connectivity index (χ1) is 8.76. The minimum Gasteiger partial charge on any atom is -0.370 e. The number of nitrogens with zero attached hydrogens (tertiary/aromatic N) is 3. The molecule has 4 heteroatoms. The van der Waals surface area contributed by atoms with E-state index < -0.39 is 0 Å². The number of rotatable bonds is 4. The van der Waals surface area contributed by atoms with E-state index in [0.29, 0.717) is 0 Å². The molecule has 4 nitrogen and oxygen atoms in total. The maximum absolute atomic E-state index is 4.61. The molecule has 0 aliphatic rings. The highest BCUT2D eigenvalue weighted by molar-refractivity contribution is 5.59. The lowest BCUT2D eigenvalue weighted by Gasteiger charge is -2.12. The zero-order valence-corrected chi connectivity index (χ0v) is 11.1. The van der Waals surface area contributed by atoms with Crippen LogP contribution in [0, 0.1) is 6.92 Å². The summed E-state index contributed by atoms with van der Waals surface area (Å²) in [6.07, 6.45) is 4.45. The first kappa shape index (κ1) is 12.5. The lowest BCUT2D eigenvalue weighted by atomic mass is 10.1. The molecule has 0 aliphatic carbocycles. The van der Waals surface area contributed by atoms with E-state index in [1.165, 1.54) is 5.56 Å². The molecule has 0 amide bonds. The Labute approximate surface area is 108 Å². The number of pyridine rings is 1. The van der Waals surface area contributed by atoms with Crippen LogP contribution in [0.25, 0.3) is 11.4 Å². The van der Waals surface area contributed by atoms with Gasteiger partial charge in [0.1, 0.15) is 5.82 Å². The highest BCUT2D eigenvalue weighted by atomic mass is 15.0. The van der Waals surface area contributed by atoms with Crippen LogP contribution in [-0.4, -0.2) is 21.5 Å². The molecular weight excluding hydrogens is 224 g/mol. The normalized spacial score (nSPS) is 10.4. The molecular formula is C14H18N4. The Balaban J connectivity index is 2.51. The number of anilines is 1. The minimum atomic E-state index is 0.753. The van der Waals surface area contributed by atoms with E-state index in [-0.39, 0.29) is 0 Å². The average Bonchev–Trinajstić information content (AvgIpc) is 2.40. The molecule has 1 N–H and O–H groups in total. The number of hydrogen-bond donors (Lipinski definition) is 1. The third-order valence-corrected chi connectivity index (χ3v) is 2.85. The van der Waals surface area contributed by atoms with E-state index >= 15 is 0 Å². The van der Waals surface area contributed by atoms with Gasteiger partial charge in [-0.15, -0.1) is 0 Å². The van der Waals surface area contributed by atoms with Crippen LogP contribution in [0.3, 0.4) is 0 Å². The Bertz CT molecular complexity index is 523. The third kappa shape index (κ3) is 2.47. The van der Waals surface area contributed by atoms with Crippen LogP contribution >= 0.6 is 0 Å². The minimum absolute atomic E-state index is 0.753. The summed E-state index contributed by atoms with van der Waals surface area (Å²) in [6, 6.07) is 3.85. The van der Waals surface area contributed by atoms with Gasteiger partial charge in [-0.2, -0.15) is 0 Å². The lowest BCUT2D eigenvalue weighted by molar-refractivity contribution is 0.989. The van der Waals surface area contributed by atoms with E-state index in [1.807, 2.05) is 19.1 Å². The van der Waals surface area contributed by atoms with Crippen molar-refractivity contribution in [3.63, 3.8) is 0 Å². The largest absolute Gasteiger partial charge is 0.370 e. The number of aryl methyl sites for hydroxylation is 1. The second-order valence-electron chi connectivity index (χ2n) is 4.08. The zero-order chi connectivity index (χ0) is 13.0. The SMILES string of the molecule is CCNc1nc(-c2ccncc2)nc(C)c1CC. The predicted molar refractivity (Wildman–Crippen MR) is 73.5 cm³/mol. The quantitative estimate of drug-likeness (QED) is 0.895. The van der Waals surface area contributed by atoms with Crippen LogP contribution in [0.15, 0.2) is 24.5 Å². The average molecular weight is 242 g/mol. The molecule has 0 saturated carbocycles. The Kier molecular flexibility index (Phi) is 3.87. The Morgan fingerprint density at radius 1 is 1.11 bits per heavy atom. The van der Waals surface area contributed by atoms with Gasteiger partial charge in [-0.1, -0.05) is 6.92 Å². The van der Waals surface area contributed by atoms with Crippen LogP contribution in [0.2, 0.25) is 0 Å². The summed E-state index contributed by atoms with van der Waals surface area (Å²) < 4.78 is 0. The molecule has 0 unspecified atom stereocenters. The number of hydrogen-bond acceptors (Lipinski definition) is 4. The molecule has 0 aromatic carbocycles. The topological polar surface area (TPSA) is 50.7 Å². The maximum atomic E-state index is 4.61. The van der Waals surface area contributed by atoms with Crippen LogP contribution in [-0.2, 0) is 6.42 Å². The van der Waals surface area contributed by atoms with Crippen molar-refractivity contribution in [1.29, 1.82) is 0 Å². The fourth-order valence-electron chi connectivity index (χ4n) is 1.96. The van der Waals surface area contributed by atoms with Crippen molar-refractivity contribution in [3.8, 4) is 11.4 Å². The summed E-state index contributed by atoms with van der Waals surface area (Å²) >= 11 is 0. The van der Waals surface area contributed by atoms with Gasteiger partial charge in [0, 0.05) is 35.8 Å². The lowest BCUT2D eigenvalue weighted by Crippen LogP contribution is -2.07. The molecule has 0 aliphatic heterocycles. The molecule has 94 valence electrons. The third-order valence-electron chi connectivity index (χ3n) is 2.85. The van der Waals surface area contributed by atoms with Crippen LogP contribution in [0.5, 0.6) is 0 Å². The molecule has 2 aromatic heterocycles. The fourth-order valence-corrected chi connectivity index (χ4v) is 1.96. The first-order valence-electron chi connectivity index (χ1n) is 6.28. The standard InChI is InChI=1S/C14H18N4/c1-4-12-10(3)17-13(18-14(12)16-5-2)11-6-8-15-9-7-11/h6-9H,4-5H2,1-3H3,(H,16,17,18). The number of aromatic nitrogens is 3. The van der Waals surface area contributed by atoms with E-state index in [9.17, 15) is 0 Å². The summed E-state index contributed by atoms with van der Waals surface area (Å²) in [5.74, 6) is 1.70. The Morgan fingerprint density at radius 3 is 2.44 bits per heavy atom. The van der Waals surface area contributed by atoms with Gasteiger partial charge in [-0.3, -0.25) is 4.98 Å². The zero-order valence-electron chi connectivity index (χ0n) is 11.1. The van der Waals surface area contributed by atoms with Crippen molar-refractivity contribution >= 4 is 5.82 Å². The predicted octanol–water partition coefficient (Wildman–Crippen LogP) is 2.84. The van der Waals surface area contributed by atoms with Gasteiger partial charge in [-0.25, -0.2) is 9.97 Å². The van der Waals surface area contributed by atoms with Gasteiger partial charge in [0.15, 0.2) is 5.82 Å². The molecule has 2 heterocycles. The molecule has 2 aromatic rings. The summed E-state index contributed by atoms with van der Waals surface area (Å²) in [5, 5.41) is 3.31. The smallest absolute Gasteiger partial charge is 0.161 e. The molecule has 0 fully saturated rings. The highest BCUT2D eigenvalue weighted by Crippen LogP contribution is 2.22. The first-order valence-corrected chi connectivity index (χ1v) is 6.28. The Hall–Kier alpha value is -1.97. The van der Waals surface area contributed by atoms with Crippen molar-refractivity contribution < 1.29 is 0 Å². The number of nitrogens with one attached hydrogen (secondary N) is 1. The van der Waals surface area contributed by atoms with Crippen LogP contribution in [0.1, 0.15) is 25.1 Å². The summed E-state index contributed by atoms with van der Waals surface area (Å²) in [7, 11) is 0. The van der Waals surface area contributed by atoms with Crippen molar-refractivity contribution in [2.45, 2.75) is 27.2 Å². The van der Waals surface area contributed by atoms with Crippen molar-refractivity contribution in [2.24, 2.45) is 0 Å². The van der Waals surface area contributed by atoms with Crippen LogP contribution < -0.4 is 5.32 Å². The van der Waals surface area contributed by atoms with Crippen molar-refractivity contribution in [3.05, 3.63) is 35.8 Å². The van der Waals surface area contributed by atoms with E-state index in [4.69, 9.17) is 0 Å². The summed E-state index contributed by atoms with van der Waals surface area (Å²) in [5.41, 5.74) is 3.22. The van der Waals surface area contributed by atoms with Gasteiger partial charge < -0.3 is 5.32 Å². The summed E-state index contributed by atoms with van der Waals surface area (Å²) in [6.45, 7) is 7.09.